The molecular formula is C41H78NO8P. The third-order valence-corrected chi connectivity index (χ3v) is 9.82. The van der Waals surface area contributed by atoms with Crippen molar-refractivity contribution in [2.45, 2.75) is 200 Å². The molecule has 0 radical (unpaired) electrons. The van der Waals surface area contributed by atoms with Gasteiger partial charge in [-0.3, -0.25) is 18.6 Å². The maximum Gasteiger partial charge on any atom is 0.472 e. The second kappa shape index (κ2) is 38.2. The van der Waals surface area contributed by atoms with Gasteiger partial charge in [0.15, 0.2) is 6.10 Å². The Labute approximate surface area is 312 Å². The molecule has 3 N–H and O–H groups in total. The summed E-state index contributed by atoms with van der Waals surface area (Å²) >= 11 is 0. The molecule has 10 heteroatoms. The smallest absolute Gasteiger partial charge is 0.462 e. The molecule has 0 fully saturated rings. The number of hydrogen-bond acceptors (Lipinski definition) is 8. The molecule has 2 atom stereocenters. The van der Waals surface area contributed by atoms with Crippen molar-refractivity contribution < 1.29 is 37.6 Å². The molecule has 0 aliphatic rings. The van der Waals surface area contributed by atoms with E-state index in [4.69, 9.17) is 24.3 Å². The number of esters is 2. The first-order valence-corrected chi connectivity index (χ1v) is 22.3. The predicted molar refractivity (Wildman–Crippen MR) is 211 cm³/mol. The number of ether oxygens (including phenoxy) is 2. The highest BCUT2D eigenvalue weighted by atomic mass is 31.2. The number of phosphoric ester groups is 1. The van der Waals surface area contributed by atoms with Gasteiger partial charge in [0, 0.05) is 19.4 Å². The van der Waals surface area contributed by atoms with Crippen molar-refractivity contribution in [2.24, 2.45) is 5.73 Å². The third-order valence-electron chi connectivity index (χ3n) is 8.84. The summed E-state index contributed by atoms with van der Waals surface area (Å²) in [5.41, 5.74) is 5.34. The van der Waals surface area contributed by atoms with Crippen LogP contribution in [0.15, 0.2) is 24.3 Å². The number of rotatable bonds is 39. The molecule has 0 rings (SSSR count). The highest BCUT2D eigenvalue weighted by molar-refractivity contribution is 7.47. The van der Waals surface area contributed by atoms with E-state index in [1.807, 2.05) is 0 Å². The number of nitrogens with two attached hydrogens (primary N) is 1. The monoisotopic (exact) mass is 744 g/mol. The lowest BCUT2D eigenvalue weighted by Crippen LogP contribution is -2.29. The van der Waals surface area contributed by atoms with Gasteiger partial charge in [-0.05, 0) is 44.9 Å². The average molecular weight is 744 g/mol. The van der Waals surface area contributed by atoms with E-state index in [0.717, 1.165) is 51.4 Å². The largest absolute Gasteiger partial charge is 0.472 e. The highest BCUT2D eigenvalue weighted by Crippen LogP contribution is 2.43. The fraction of sp³-hybridized carbons (Fsp3) is 0.854. The summed E-state index contributed by atoms with van der Waals surface area (Å²) in [4.78, 5) is 34.8. The Bertz CT molecular complexity index is 897. The Hall–Kier alpha value is -1.51. The molecule has 300 valence electrons. The summed E-state index contributed by atoms with van der Waals surface area (Å²) in [5, 5.41) is 0. The zero-order valence-electron chi connectivity index (χ0n) is 32.8. The van der Waals surface area contributed by atoms with E-state index in [-0.39, 0.29) is 38.6 Å². The molecule has 0 aromatic heterocycles. The molecular weight excluding hydrogens is 665 g/mol. The van der Waals surface area contributed by atoms with E-state index in [2.05, 4.69) is 38.2 Å². The Kier molecular flexibility index (Phi) is 37.1. The molecule has 0 amide bonds. The van der Waals surface area contributed by atoms with Crippen LogP contribution in [0.2, 0.25) is 0 Å². The van der Waals surface area contributed by atoms with Crippen LogP contribution in [0.4, 0.5) is 0 Å². The summed E-state index contributed by atoms with van der Waals surface area (Å²) in [6, 6.07) is 0. The van der Waals surface area contributed by atoms with E-state index >= 15 is 0 Å². The lowest BCUT2D eigenvalue weighted by Gasteiger charge is -2.19. The SMILES string of the molecule is CCCCC/C=C\C/C=C\CCCCCCCCCC(=O)OC(COC(=O)CCCCCCCCCCCCCCC)COP(=O)(O)OCCN. The Morgan fingerprint density at radius 1 is 0.588 bits per heavy atom. The van der Waals surface area contributed by atoms with Crippen LogP contribution in [0.5, 0.6) is 0 Å². The normalized spacial score (nSPS) is 13.6. The summed E-state index contributed by atoms with van der Waals surface area (Å²) in [6.45, 7) is 3.70. The number of unbranched alkanes of at least 4 members (excludes halogenated alkanes) is 22. The van der Waals surface area contributed by atoms with Gasteiger partial charge < -0.3 is 20.1 Å². The number of phosphoric acid groups is 1. The Morgan fingerprint density at radius 2 is 1.02 bits per heavy atom. The van der Waals surface area contributed by atoms with Gasteiger partial charge in [-0.2, -0.15) is 0 Å². The van der Waals surface area contributed by atoms with Crippen LogP contribution in [0.25, 0.3) is 0 Å². The lowest BCUT2D eigenvalue weighted by atomic mass is 10.0. The summed E-state index contributed by atoms with van der Waals surface area (Å²) in [6.07, 6.45) is 39.1. The predicted octanol–water partition coefficient (Wildman–Crippen LogP) is 11.6. The average Bonchev–Trinajstić information content (AvgIpc) is 3.11. The van der Waals surface area contributed by atoms with Crippen molar-refractivity contribution in [3.05, 3.63) is 24.3 Å². The van der Waals surface area contributed by atoms with E-state index in [9.17, 15) is 19.0 Å². The first-order valence-electron chi connectivity index (χ1n) is 20.8. The standard InChI is InChI=1S/C41H78NO8P/c1-3-5-7-9-11-13-15-17-18-19-20-22-24-26-28-30-32-34-41(44)50-39(38-49-51(45,46)48-36-35-42)37-47-40(43)33-31-29-27-25-23-21-16-14-12-10-8-6-4-2/h11,13,17-18,39H,3-10,12,14-16,19-38,42H2,1-2H3,(H,45,46)/b13-11-,18-17-. The molecule has 0 spiro atoms. The van der Waals surface area contributed by atoms with Crippen LogP contribution in [0.1, 0.15) is 194 Å². The zero-order valence-corrected chi connectivity index (χ0v) is 33.7. The number of carbonyl (C=O) groups excluding carboxylic acids is 2. The number of allylic oxidation sites excluding steroid dienone is 4. The summed E-state index contributed by atoms with van der Waals surface area (Å²) < 4.78 is 32.7. The molecule has 0 saturated carbocycles. The van der Waals surface area contributed by atoms with Crippen LogP contribution in [-0.4, -0.2) is 49.3 Å². The Morgan fingerprint density at radius 3 is 1.53 bits per heavy atom. The van der Waals surface area contributed by atoms with Crippen molar-refractivity contribution in [1.29, 1.82) is 0 Å². The van der Waals surface area contributed by atoms with Crippen molar-refractivity contribution in [3.8, 4) is 0 Å². The maximum absolute atomic E-state index is 12.6. The summed E-state index contributed by atoms with van der Waals surface area (Å²) in [7, 11) is -4.37. The van der Waals surface area contributed by atoms with E-state index in [1.54, 1.807) is 0 Å². The fourth-order valence-corrected chi connectivity index (χ4v) is 6.49. The molecule has 0 bridgehead atoms. The van der Waals surface area contributed by atoms with Crippen molar-refractivity contribution >= 4 is 19.8 Å². The molecule has 0 aromatic carbocycles. The topological polar surface area (TPSA) is 134 Å². The molecule has 0 aromatic rings. The van der Waals surface area contributed by atoms with Gasteiger partial charge in [-0.1, -0.05) is 160 Å². The van der Waals surface area contributed by atoms with Gasteiger partial charge in [0.05, 0.1) is 13.2 Å². The first kappa shape index (κ1) is 49.5. The molecule has 0 saturated heterocycles. The molecule has 0 aliphatic heterocycles. The van der Waals surface area contributed by atoms with Crippen molar-refractivity contribution in [1.82, 2.24) is 0 Å². The van der Waals surface area contributed by atoms with E-state index in [1.165, 1.54) is 109 Å². The second-order valence-electron chi connectivity index (χ2n) is 13.9. The van der Waals surface area contributed by atoms with Crippen molar-refractivity contribution in [2.75, 3.05) is 26.4 Å². The third kappa shape index (κ3) is 38.0. The fourth-order valence-electron chi connectivity index (χ4n) is 5.72. The molecule has 51 heavy (non-hydrogen) atoms. The van der Waals surface area contributed by atoms with Crippen molar-refractivity contribution in [3.63, 3.8) is 0 Å². The van der Waals surface area contributed by atoms with Gasteiger partial charge in [0.2, 0.25) is 0 Å². The lowest BCUT2D eigenvalue weighted by molar-refractivity contribution is -0.161. The van der Waals surface area contributed by atoms with Crippen LogP contribution in [0.3, 0.4) is 0 Å². The minimum Gasteiger partial charge on any atom is -0.462 e. The van der Waals surface area contributed by atoms with Gasteiger partial charge in [-0.15, -0.1) is 0 Å². The minimum atomic E-state index is -4.37. The van der Waals surface area contributed by atoms with Gasteiger partial charge in [0.1, 0.15) is 6.61 Å². The van der Waals surface area contributed by atoms with Crippen LogP contribution in [0, 0.1) is 0 Å². The van der Waals surface area contributed by atoms with Gasteiger partial charge in [0.25, 0.3) is 0 Å². The molecule has 0 heterocycles. The summed E-state index contributed by atoms with van der Waals surface area (Å²) in [5.74, 6) is -0.832. The quantitative estimate of drug-likeness (QED) is 0.0273. The van der Waals surface area contributed by atoms with E-state index in [0.29, 0.717) is 6.42 Å². The van der Waals surface area contributed by atoms with Gasteiger partial charge in [-0.25, -0.2) is 4.57 Å². The highest BCUT2D eigenvalue weighted by Gasteiger charge is 2.26. The van der Waals surface area contributed by atoms with Crippen LogP contribution in [-0.2, 0) is 32.7 Å². The molecule has 0 aliphatic carbocycles. The van der Waals surface area contributed by atoms with Gasteiger partial charge >= 0.3 is 19.8 Å². The molecule has 2 unspecified atom stereocenters. The number of hydrogen-bond donors (Lipinski definition) is 2. The Balaban J connectivity index is 4.17. The van der Waals surface area contributed by atoms with Crippen LogP contribution >= 0.6 is 7.82 Å². The minimum absolute atomic E-state index is 0.0534. The zero-order chi connectivity index (χ0) is 37.5. The van der Waals surface area contributed by atoms with Crippen LogP contribution < -0.4 is 5.73 Å². The number of carbonyl (C=O) groups is 2. The van der Waals surface area contributed by atoms with E-state index < -0.39 is 26.5 Å². The first-order chi connectivity index (χ1) is 24.8. The maximum atomic E-state index is 12.6. The second-order valence-corrected chi connectivity index (χ2v) is 15.3. The molecule has 9 nitrogen and oxygen atoms in total.